The van der Waals surface area contributed by atoms with Crippen molar-refractivity contribution in [1.29, 1.82) is 0 Å². The van der Waals surface area contributed by atoms with Gasteiger partial charge in [0.2, 0.25) is 0 Å². The summed E-state index contributed by atoms with van der Waals surface area (Å²) in [4.78, 5) is 13.8. The second-order valence-corrected chi connectivity index (χ2v) is 5.07. The molecule has 1 fully saturated rings. The largest absolute Gasteiger partial charge is 0.440 e. The van der Waals surface area contributed by atoms with Gasteiger partial charge in [0.05, 0.1) is 0 Å². The average molecular weight is 262 g/mol. The summed E-state index contributed by atoms with van der Waals surface area (Å²) in [6.45, 7) is 3.40. The third kappa shape index (κ3) is 2.36. The van der Waals surface area contributed by atoms with Crippen LogP contribution < -0.4 is 0 Å². The van der Waals surface area contributed by atoms with Gasteiger partial charge in [-0.1, -0.05) is 6.92 Å². The quantitative estimate of drug-likeness (QED) is 0.729. The van der Waals surface area contributed by atoms with E-state index >= 15 is 0 Å². The number of nitrogens with zero attached hydrogens (tertiary/aromatic N) is 1. The molecule has 88 valence electrons. The van der Waals surface area contributed by atoms with Crippen LogP contribution in [0.2, 0.25) is 5.22 Å². The van der Waals surface area contributed by atoms with Gasteiger partial charge in [-0.3, -0.25) is 4.79 Å². The van der Waals surface area contributed by atoms with E-state index in [1.165, 1.54) is 0 Å². The molecule has 16 heavy (non-hydrogen) atoms. The molecule has 1 aromatic rings. The second-order valence-electron chi connectivity index (χ2n) is 4.14. The summed E-state index contributed by atoms with van der Waals surface area (Å²) in [5.74, 6) is 0.498. The molecule has 0 radical (unpaired) electrons. The first-order chi connectivity index (χ1) is 7.58. The van der Waals surface area contributed by atoms with E-state index in [9.17, 15) is 4.79 Å². The van der Waals surface area contributed by atoms with Crippen molar-refractivity contribution in [3.63, 3.8) is 0 Å². The van der Waals surface area contributed by atoms with E-state index in [-0.39, 0.29) is 16.5 Å². The highest BCUT2D eigenvalue weighted by Gasteiger charge is 2.28. The normalized spacial score (nSPS) is 25.8. The molecule has 0 N–H and O–H groups in total. The summed E-state index contributed by atoms with van der Waals surface area (Å²) in [6, 6.07) is 3.18. The molecule has 2 rings (SSSR count). The van der Waals surface area contributed by atoms with Gasteiger partial charge in [-0.25, -0.2) is 0 Å². The molecule has 1 aliphatic heterocycles. The van der Waals surface area contributed by atoms with E-state index in [2.05, 4.69) is 0 Å². The highest BCUT2D eigenvalue weighted by atomic mass is 35.5. The minimum atomic E-state index is -0.109. The fraction of sp³-hybridized carbons (Fsp3) is 0.545. The molecule has 0 aromatic carbocycles. The molecule has 3 nitrogen and oxygen atoms in total. The van der Waals surface area contributed by atoms with E-state index in [0.29, 0.717) is 24.8 Å². The van der Waals surface area contributed by atoms with Gasteiger partial charge in [0.15, 0.2) is 11.0 Å². The third-order valence-electron chi connectivity index (χ3n) is 2.87. The lowest BCUT2D eigenvalue weighted by atomic mass is 9.99. The lowest BCUT2D eigenvalue weighted by Crippen LogP contribution is -2.43. The minimum Gasteiger partial charge on any atom is -0.440 e. The van der Waals surface area contributed by atoms with Crippen LogP contribution in [0.25, 0.3) is 0 Å². The van der Waals surface area contributed by atoms with Gasteiger partial charge >= 0.3 is 0 Å². The molecule has 0 spiro atoms. The van der Waals surface area contributed by atoms with E-state index in [1.807, 2.05) is 6.92 Å². The fourth-order valence-corrected chi connectivity index (χ4v) is 2.21. The molecule has 5 heteroatoms. The Labute approximate surface area is 104 Å². The van der Waals surface area contributed by atoms with Crippen molar-refractivity contribution in [3.8, 4) is 0 Å². The number of hydrogen-bond acceptors (Lipinski definition) is 2. The topological polar surface area (TPSA) is 33.5 Å². The summed E-state index contributed by atoms with van der Waals surface area (Å²) in [7, 11) is 0. The van der Waals surface area contributed by atoms with Crippen LogP contribution >= 0.6 is 23.2 Å². The molecule has 2 unspecified atom stereocenters. The zero-order chi connectivity index (χ0) is 11.7. The Morgan fingerprint density at radius 1 is 1.56 bits per heavy atom. The van der Waals surface area contributed by atoms with Crippen molar-refractivity contribution in [1.82, 2.24) is 4.90 Å². The molecule has 0 aliphatic carbocycles. The molecule has 2 heterocycles. The van der Waals surface area contributed by atoms with Crippen LogP contribution in [-0.2, 0) is 0 Å². The zero-order valence-corrected chi connectivity index (χ0v) is 10.5. The maximum absolute atomic E-state index is 12.0. The van der Waals surface area contributed by atoms with E-state index in [0.717, 1.165) is 6.42 Å². The van der Waals surface area contributed by atoms with Gasteiger partial charge < -0.3 is 9.32 Å². The van der Waals surface area contributed by atoms with E-state index < -0.39 is 0 Å². The van der Waals surface area contributed by atoms with E-state index in [1.54, 1.807) is 17.0 Å². The Morgan fingerprint density at radius 3 is 2.88 bits per heavy atom. The van der Waals surface area contributed by atoms with Gasteiger partial charge in [-0.15, -0.1) is 11.6 Å². The summed E-state index contributed by atoms with van der Waals surface area (Å²) < 4.78 is 5.10. The fourth-order valence-electron chi connectivity index (χ4n) is 1.89. The third-order valence-corrected chi connectivity index (χ3v) is 3.72. The van der Waals surface area contributed by atoms with Gasteiger partial charge in [0.1, 0.15) is 0 Å². The van der Waals surface area contributed by atoms with Crippen LogP contribution in [0.3, 0.4) is 0 Å². The number of halogens is 2. The number of carbonyl (C=O) groups excluding carboxylic acids is 1. The number of piperidine rings is 1. The van der Waals surface area contributed by atoms with E-state index in [4.69, 9.17) is 27.6 Å². The lowest BCUT2D eigenvalue weighted by Gasteiger charge is -2.33. The average Bonchev–Trinajstić information content (AvgIpc) is 2.68. The predicted octanol–water partition coefficient (Wildman–Crippen LogP) is 3.02. The van der Waals surface area contributed by atoms with Gasteiger partial charge in [0.25, 0.3) is 5.91 Å². The Hall–Kier alpha value is -0.670. The summed E-state index contributed by atoms with van der Waals surface area (Å²) in [6.07, 6.45) is 0.822. The zero-order valence-electron chi connectivity index (χ0n) is 8.95. The van der Waals surface area contributed by atoms with Crippen molar-refractivity contribution in [2.75, 3.05) is 13.1 Å². The van der Waals surface area contributed by atoms with Crippen LogP contribution in [0.15, 0.2) is 16.5 Å². The van der Waals surface area contributed by atoms with Crippen molar-refractivity contribution in [2.45, 2.75) is 18.7 Å². The van der Waals surface area contributed by atoms with Crippen molar-refractivity contribution >= 4 is 29.1 Å². The number of rotatable bonds is 1. The maximum atomic E-state index is 12.0. The molecular weight excluding hydrogens is 249 g/mol. The van der Waals surface area contributed by atoms with Crippen molar-refractivity contribution in [3.05, 3.63) is 23.1 Å². The number of carbonyl (C=O) groups is 1. The minimum absolute atomic E-state index is 0.109. The second kappa shape index (κ2) is 4.68. The van der Waals surface area contributed by atoms with Crippen molar-refractivity contribution < 1.29 is 9.21 Å². The standard InChI is InChI=1S/C11H13Cl2NO2/c1-7-6-14(5-4-8(7)12)11(15)9-2-3-10(13)16-9/h2-3,7-8H,4-6H2,1H3. The molecule has 1 amide bonds. The highest BCUT2D eigenvalue weighted by molar-refractivity contribution is 6.29. The number of hydrogen-bond donors (Lipinski definition) is 0. The molecule has 0 bridgehead atoms. The smallest absolute Gasteiger partial charge is 0.289 e. The highest BCUT2D eigenvalue weighted by Crippen LogP contribution is 2.24. The Balaban J connectivity index is 2.06. The molecule has 2 atom stereocenters. The SMILES string of the molecule is CC1CN(C(=O)c2ccc(Cl)o2)CCC1Cl. The van der Waals surface area contributed by atoms with Crippen LogP contribution in [0.5, 0.6) is 0 Å². The predicted molar refractivity (Wildman–Crippen MR) is 63.0 cm³/mol. The monoisotopic (exact) mass is 261 g/mol. The Kier molecular flexibility index (Phi) is 3.45. The van der Waals surface area contributed by atoms with Crippen LogP contribution in [0.1, 0.15) is 23.9 Å². The van der Waals surface area contributed by atoms with Crippen LogP contribution in [-0.4, -0.2) is 29.3 Å². The first kappa shape index (κ1) is 11.8. The summed E-state index contributed by atoms with van der Waals surface area (Å²) >= 11 is 11.7. The number of likely N-dealkylation sites (tertiary alicyclic amines) is 1. The molecule has 1 saturated heterocycles. The summed E-state index contributed by atoms with van der Waals surface area (Å²) in [5, 5.41) is 0.396. The van der Waals surface area contributed by atoms with Crippen molar-refractivity contribution in [2.24, 2.45) is 5.92 Å². The van der Waals surface area contributed by atoms with Gasteiger partial charge in [-0.2, -0.15) is 0 Å². The van der Waals surface area contributed by atoms with Crippen LogP contribution in [0, 0.1) is 5.92 Å². The first-order valence-electron chi connectivity index (χ1n) is 5.26. The maximum Gasteiger partial charge on any atom is 0.289 e. The van der Waals surface area contributed by atoms with Crippen LogP contribution in [0.4, 0.5) is 0 Å². The molecule has 1 aliphatic rings. The molecule has 1 aromatic heterocycles. The number of alkyl halides is 1. The molecular formula is C11H13Cl2NO2. The number of furan rings is 1. The Morgan fingerprint density at radius 2 is 2.31 bits per heavy atom. The first-order valence-corrected chi connectivity index (χ1v) is 6.08. The number of amides is 1. The van der Waals surface area contributed by atoms with Gasteiger partial charge in [0, 0.05) is 18.5 Å². The lowest BCUT2D eigenvalue weighted by molar-refractivity contribution is 0.0655. The molecule has 0 saturated carbocycles. The Bertz CT molecular complexity index is 391. The van der Waals surface area contributed by atoms with Gasteiger partial charge in [-0.05, 0) is 36.1 Å². The summed E-state index contributed by atoms with van der Waals surface area (Å²) in [5.41, 5.74) is 0.